The molecule has 0 aromatic rings. The van der Waals surface area contributed by atoms with E-state index in [0.717, 1.165) is 6.42 Å². The lowest BCUT2D eigenvalue weighted by Gasteiger charge is -2.16. The predicted octanol–water partition coefficient (Wildman–Crippen LogP) is 0.567. The van der Waals surface area contributed by atoms with Gasteiger partial charge in [-0.05, 0) is 33.2 Å². The largest absolute Gasteiger partial charge is 0.388 e. The zero-order valence-electron chi connectivity index (χ0n) is 9.50. The molecule has 0 aromatic carbocycles. The van der Waals surface area contributed by atoms with Crippen LogP contribution in [0.25, 0.3) is 0 Å². The summed E-state index contributed by atoms with van der Waals surface area (Å²) in [7, 11) is 1.80. The molecule has 1 unspecified atom stereocenters. The first kappa shape index (κ1) is 13.1. The van der Waals surface area contributed by atoms with Crippen LogP contribution in [0.5, 0.6) is 0 Å². The summed E-state index contributed by atoms with van der Waals surface area (Å²) in [6.07, 6.45) is 0.808. The Labute approximate surface area is 86.0 Å². The number of nitrogens with one attached hydrogen (secondary N) is 1. The minimum atomic E-state index is -0.0571. The Bertz CT molecular complexity index is 209. The number of amidine groups is 1. The number of nitrogens with zero attached hydrogens (tertiary/aromatic N) is 1. The number of rotatable bonds is 6. The molecule has 3 N–H and O–H groups in total. The van der Waals surface area contributed by atoms with E-state index in [-0.39, 0.29) is 11.8 Å². The highest BCUT2D eigenvalue weighted by atomic mass is 16.1. The van der Waals surface area contributed by atoms with Gasteiger partial charge in [0.2, 0.25) is 0 Å². The second-order valence-corrected chi connectivity index (χ2v) is 3.77. The van der Waals surface area contributed by atoms with Gasteiger partial charge in [0.05, 0.1) is 11.9 Å². The third-order valence-electron chi connectivity index (χ3n) is 2.13. The van der Waals surface area contributed by atoms with Crippen molar-refractivity contribution in [2.24, 2.45) is 16.6 Å². The third kappa shape index (κ3) is 5.70. The molecule has 0 aliphatic rings. The number of carbonyl (C=O) groups is 1. The van der Waals surface area contributed by atoms with Crippen LogP contribution in [0.15, 0.2) is 4.99 Å². The zero-order chi connectivity index (χ0) is 11.1. The Morgan fingerprint density at radius 2 is 2.07 bits per heavy atom. The molecule has 0 aromatic heterocycles. The fraction of sp³-hybridized carbons (Fsp3) is 0.800. The Kier molecular flexibility index (Phi) is 6.12. The molecule has 0 bridgehead atoms. The Balaban J connectivity index is 3.97. The molecular weight excluding hydrogens is 178 g/mol. The molecule has 0 spiro atoms. The Hall–Kier alpha value is -0.900. The first-order chi connectivity index (χ1) is 6.47. The van der Waals surface area contributed by atoms with E-state index in [9.17, 15) is 4.79 Å². The lowest BCUT2D eigenvalue weighted by molar-refractivity contribution is -0.119. The number of nitrogens with two attached hydrogens (primary N) is 1. The van der Waals surface area contributed by atoms with Crippen LogP contribution in [-0.2, 0) is 4.79 Å². The van der Waals surface area contributed by atoms with Gasteiger partial charge in [0.1, 0.15) is 5.78 Å². The van der Waals surface area contributed by atoms with Crippen LogP contribution in [0.1, 0.15) is 27.2 Å². The van der Waals surface area contributed by atoms with Crippen molar-refractivity contribution in [1.29, 1.82) is 0 Å². The molecule has 0 aliphatic carbocycles. The standard InChI is InChI=1S/C10H21N3O/c1-7(6-13-9(3)11)5-10(12-4)8(2)14/h7,10,12H,5-6H2,1-4H3,(H2,11,13)/t7?,10-/m0/s1. The summed E-state index contributed by atoms with van der Waals surface area (Å²) in [4.78, 5) is 15.3. The van der Waals surface area contributed by atoms with Gasteiger partial charge in [-0.25, -0.2) is 0 Å². The summed E-state index contributed by atoms with van der Waals surface area (Å²) in [6.45, 7) is 6.13. The van der Waals surface area contributed by atoms with Crippen molar-refractivity contribution in [2.75, 3.05) is 13.6 Å². The smallest absolute Gasteiger partial charge is 0.146 e. The quantitative estimate of drug-likeness (QED) is 0.485. The van der Waals surface area contributed by atoms with Crippen molar-refractivity contribution in [3.05, 3.63) is 0 Å². The van der Waals surface area contributed by atoms with E-state index in [4.69, 9.17) is 5.73 Å². The van der Waals surface area contributed by atoms with E-state index in [1.54, 1.807) is 20.9 Å². The summed E-state index contributed by atoms with van der Waals surface area (Å²) in [5.41, 5.74) is 5.43. The highest BCUT2D eigenvalue weighted by molar-refractivity contribution is 5.81. The molecule has 14 heavy (non-hydrogen) atoms. The molecule has 4 nitrogen and oxygen atoms in total. The molecule has 4 heteroatoms. The summed E-state index contributed by atoms with van der Waals surface area (Å²) >= 11 is 0. The van der Waals surface area contributed by atoms with Crippen molar-refractivity contribution >= 4 is 11.6 Å². The highest BCUT2D eigenvalue weighted by Crippen LogP contribution is 2.07. The van der Waals surface area contributed by atoms with Gasteiger partial charge in [0, 0.05) is 6.54 Å². The lowest BCUT2D eigenvalue weighted by Crippen LogP contribution is -2.34. The fourth-order valence-corrected chi connectivity index (χ4v) is 1.26. The monoisotopic (exact) mass is 199 g/mol. The number of carbonyl (C=O) groups excluding carboxylic acids is 1. The van der Waals surface area contributed by atoms with E-state index >= 15 is 0 Å². The SMILES string of the molecule is CN[C@@H](CC(C)CN=C(C)N)C(C)=O. The van der Waals surface area contributed by atoms with E-state index in [1.165, 1.54) is 0 Å². The molecule has 0 saturated carbocycles. The molecule has 0 saturated heterocycles. The number of Topliss-reactive ketones (excluding diaryl/α,β-unsaturated/α-hetero) is 1. The van der Waals surface area contributed by atoms with Gasteiger partial charge in [-0.3, -0.25) is 9.79 Å². The zero-order valence-corrected chi connectivity index (χ0v) is 9.50. The van der Waals surface area contributed by atoms with Gasteiger partial charge in [0.15, 0.2) is 0 Å². The predicted molar refractivity (Wildman–Crippen MR) is 59.5 cm³/mol. The molecule has 0 aliphatic heterocycles. The van der Waals surface area contributed by atoms with Crippen LogP contribution in [0.4, 0.5) is 0 Å². The van der Waals surface area contributed by atoms with Crippen molar-refractivity contribution in [3.63, 3.8) is 0 Å². The van der Waals surface area contributed by atoms with E-state index in [0.29, 0.717) is 18.3 Å². The first-order valence-corrected chi connectivity index (χ1v) is 4.91. The molecule has 0 fully saturated rings. The van der Waals surface area contributed by atoms with E-state index in [2.05, 4.69) is 17.2 Å². The van der Waals surface area contributed by atoms with Crippen LogP contribution in [0.2, 0.25) is 0 Å². The molecule has 0 rings (SSSR count). The summed E-state index contributed by atoms with van der Waals surface area (Å²) in [5.74, 6) is 1.14. The maximum Gasteiger partial charge on any atom is 0.146 e. The normalized spacial score (nSPS) is 16.4. The van der Waals surface area contributed by atoms with Gasteiger partial charge in [-0.1, -0.05) is 6.92 Å². The van der Waals surface area contributed by atoms with Gasteiger partial charge in [-0.2, -0.15) is 0 Å². The molecule has 0 radical (unpaired) electrons. The van der Waals surface area contributed by atoms with Gasteiger partial charge >= 0.3 is 0 Å². The number of ketones is 1. The van der Waals surface area contributed by atoms with Crippen molar-refractivity contribution in [3.8, 4) is 0 Å². The van der Waals surface area contributed by atoms with Crippen molar-refractivity contribution in [2.45, 2.75) is 33.2 Å². The first-order valence-electron chi connectivity index (χ1n) is 4.91. The minimum absolute atomic E-state index is 0.0571. The Morgan fingerprint density at radius 3 is 2.43 bits per heavy atom. The maximum atomic E-state index is 11.1. The van der Waals surface area contributed by atoms with Crippen LogP contribution in [-0.4, -0.2) is 31.3 Å². The average Bonchev–Trinajstić information content (AvgIpc) is 2.10. The molecule has 0 heterocycles. The highest BCUT2D eigenvalue weighted by Gasteiger charge is 2.14. The lowest BCUT2D eigenvalue weighted by atomic mass is 9.99. The van der Waals surface area contributed by atoms with Gasteiger partial charge in [-0.15, -0.1) is 0 Å². The molecular formula is C10H21N3O. The third-order valence-corrected chi connectivity index (χ3v) is 2.13. The summed E-state index contributed by atoms with van der Waals surface area (Å²) < 4.78 is 0. The average molecular weight is 199 g/mol. The number of hydrogen-bond donors (Lipinski definition) is 2. The van der Waals surface area contributed by atoms with E-state index < -0.39 is 0 Å². The summed E-state index contributed by atoms with van der Waals surface area (Å²) in [5, 5.41) is 2.99. The van der Waals surface area contributed by atoms with Gasteiger partial charge in [0.25, 0.3) is 0 Å². The fourth-order valence-electron chi connectivity index (χ4n) is 1.26. The molecule has 2 atom stereocenters. The van der Waals surface area contributed by atoms with Crippen LogP contribution < -0.4 is 11.1 Å². The number of aliphatic imine (C=N–C) groups is 1. The molecule has 0 amide bonds. The molecule has 82 valence electrons. The van der Waals surface area contributed by atoms with Crippen LogP contribution >= 0.6 is 0 Å². The maximum absolute atomic E-state index is 11.1. The number of hydrogen-bond acceptors (Lipinski definition) is 3. The topological polar surface area (TPSA) is 67.5 Å². The van der Waals surface area contributed by atoms with Gasteiger partial charge < -0.3 is 11.1 Å². The second-order valence-electron chi connectivity index (χ2n) is 3.77. The minimum Gasteiger partial charge on any atom is -0.388 e. The Morgan fingerprint density at radius 1 is 1.50 bits per heavy atom. The van der Waals surface area contributed by atoms with Crippen LogP contribution in [0.3, 0.4) is 0 Å². The summed E-state index contributed by atoms with van der Waals surface area (Å²) in [6, 6.07) is -0.0571. The van der Waals surface area contributed by atoms with Crippen LogP contribution in [0, 0.1) is 5.92 Å². The second kappa shape index (κ2) is 6.54. The van der Waals surface area contributed by atoms with Crippen molar-refractivity contribution in [1.82, 2.24) is 5.32 Å². The number of likely N-dealkylation sites (N-methyl/N-ethyl adjacent to an activating group) is 1. The van der Waals surface area contributed by atoms with Crippen molar-refractivity contribution < 1.29 is 4.79 Å². The van der Waals surface area contributed by atoms with E-state index in [1.807, 2.05) is 0 Å².